The second kappa shape index (κ2) is 8.37. The second-order valence-electron chi connectivity index (χ2n) is 4.71. The van der Waals surface area contributed by atoms with E-state index in [2.05, 4.69) is 41.7 Å². The lowest BCUT2D eigenvalue weighted by atomic mass is 10.3. The number of pyridine rings is 1. The highest BCUT2D eigenvalue weighted by Gasteiger charge is 2.09. The minimum Gasteiger partial charge on any atom is -0.330 e. The van der Waals surface area contributed by atoms with Crippen LogP contribution in [0.25, 0.3) is 0 Å². The van der Waals surface area contributed by atoms with Gasteiger partial charge in [0.05, 0.1) is 5.75 Å². The summed E-state index contributed by atoms with van der Waals surface area (Å²) in [6.07, 6.45) is 1.61. The molecule has 0 saturated heterocycles. The highest BCUT2D eigenvalue weighted by molar-refractivity contribution is 9.10. The molecule has 0 spiro atoms. The maximum atomic E-state index is 13.2. The van der Waals surface area contributed by atoms with Crippen LogP contribution < -0.4 is 10.6 Å². The average molecular weight is 440 g/mol. The number of rotatable bonds is 6. The van der Waals surface area contributed by atoms with Crippen LogP contribution in [0.1, 0.15) is 0 Å². The third-order valence-corrected chi connectivity index (χ3v) is 5.25. The van der Waals surface area contributed by atoms with Gasteiger partial charge in [0.15, 0.2) is 4.34 Å². The van der Waals surface area contributed by atoms with Crippen LogP contribution in [0.4, 0.5) is 21.0 Å². The quantitative estimate of drug-likeness (QED) is 0.557. The first-order valence-electron chi connectivity index (χ1n) is 6.99. The van der Waals surface area contributed by atoms with E-state index in [1.807, 2.05) is 0 Å². The number of carbonyl (C=O) groups is 1. The fraction of sp³-hybridized carbons (Fsp3) is 0.0667. The molecule has 3 aromatic rings. The van der Waals surface area contributed by atoms with E-state index in [1.165, 1.54) is 35.2 Å². The molecule has 10 heteroatoms. The fourth-order valence-corrected chi connectivity index (χ4v) is 3.57. The molecule has 0 atom stereocenters. The van der Waals surface area contributed by atoms with E-state index in [0.717, 1.165) is 4.47 Å². The molecule has 128 valence electrons. The van der Waals surface area contributed by atoms with E-state index in [0.29, 0.717) is 21.0 Å². The Morgan fingerprint density at radius 2 is 2.16 bits per heavy atom. The lowest BCUT2D eigenvalue weighted by Crippen LogP contribution is -2.14. The average Bonchev–Trinajstić information content (AvgIpc) is 3.03. The molecule has 0 aliphatic heterocycles. The number of thioether (sulfide) groups is 1. The van der Waals surface area contributed by atoms with Crippen LogP contribution in [0.3, 0.4) is 0 Å². The molecule has 0 saturated carbocycles. The van der Waals surface area contributed by atoms with E-state index in [9.17, 15) is 9.18 Å². The van der Waals surface area contributed by atoms with Gasteiger partial charge in [-0.3, -0.25) is 4.79 Å². The predicted molar refractivity (Wildman–Crippen MR) is 101 cm³/mol. The Bertz CT molecular complexity index is 874. The largest absolute Gasteiger partial charge is 0.330 e. The summed E-state index contributed by atoms with van der Waals surface area (Å²) >= 11 is 5.84. The van der Waals surface area contributed by atoms with Crippen LogP contribution in [0.15, 0.2) is 51.4 Å². The highest BCUT2D eigenvalue weighted by atomic mass is 79.9. The van der Waals surface area contributed by atoms with Crippen LogP contribution in [-0.4, -0.2) is 26.8 Å². The summed E-state index contributed by atoms with van der Waals surface area (Å²) in [7, 11) is 0. The molecule has 6 nitrogen and oxygen atoms in total. The lowest BCUT2D eigenvalue weighted by Gasteiger charge is -2.02. The molecule has 1 aromatic carbocycles. The van der Waals surface area contributed by atoms with Crippen LogP contribution >= 0.6 is 39.0 Å². The molecule has 1 amide bonds. The Hall–Kier alpha value is -2.04. The van der Waals surface area contributed by atoms with Gasteiger partial charge in [-0.15, -0.1) is 10.2 Å². The maximum Gasteiger partial charge on any atom is 0.235 e. The summed E-state index contributed by atoms with van der Waals surface area (Å²) in [5.74, 6) is 0.156. The van der Waals surface area contributed by atoms with Gasteiger partial charge in [-0.2, -0.15) is 0 Å². The van der Waals surface area contributed by atoms with Gasteiger partial charge in [0.1, 0.15) is 11.6 Å². The summed E-state index contributed by atoms with van der Waals surface area (Å²) < 4.78 is 14.6. The molecule has 0 aliphatic rings. The highest BCUT2D eigenvalue weighted by Crippen LogP contribution is 2.27. The van der Waals surface area contributed by atoms with Crippen LogP contribution in [0, 0.1) is 5.82 Å². The number of carbonyl (C=O) groups excluding carboxylic acids is 1. The molecule has 0 radical (unpaired) electrons. The van der Waals surface area contributed by atoms with E-state index in [-0.39, 0.29) is 17.5 Å². The zero-order valence-corrected chi connectivity index (χ0v) is 15.8. The van der Waals surface area contributed by atoms with E-state index < -0.39 is 0 Å². The Kier molecular flexibility index (Phi) is 5.95. The van der Waals surface area contributed by atoms with Gasteiger partial charge in [-0.05, 0) is 46.3 Å². The van der Waals surface area contributed by atoms with Gasteiger partial charge >= 0.3 is 0 Å². The maximum absolute atomic E-state index is 13.2. The number of halogens is 2. The molecular formula is C15H11BrFN5OS2. The summed E-state index contributed by atoms with van der Waals surface area (Å²) in [5, 5.41) is 14.2. The van der Waals surface area contributed by atoms with Gasteiger partial charge < -0.3 is 10.6 Å². The number of nitrogens with zero attached hydrogens (tertiary/aromatic N) is 3. The van der Waals surface area contributed by atoms with Crippen molar-refractivity contribution in [2.24, 2.45) is 0 Å². The van der Waals surface area contributed by atoms with Crippen molar-refractivity contribution in [3.8, 4) is 0 Å². The third kappa shape index (κ3) is 5.48. The van der Waals surface area contributed by atoms with Crippen LogP contribution in [0.2, 0.25) is 0 Å². The first kappa shape index (κ1) is 17.8. The van der Waals surface area contributed by atoms with Crippen molar-refractivity contribution in [3.05, 3.63) is 52.9 Å². The summed E-state index contributed by atoms with van der Waals surface area (Å²) in [6.45, 7) is 0. The molecule has 0 aliphatic carbocycles. The topological polar surface area (TPSA) is 79.8 Å². The number of benzene rings is 1. The van der Waals surface area contributed by atoms with Crippen molar-refractivity contribution in [1.29, 1.82) is 0 Å². The van der Waals surface area contributed by atoms with Crippen molar-refractivity contribution in [1.82, 2.24) is 15.2 Å². The number of amides is 1. The fourth-order valence-electron chi connectivity index (χ4n) is 1.76. The molecule has 0 fully saturated rings. The van der Waals surface area contributed by atoms with Crippen molar-refractivity contribution >= 4 is 61.6 Å². The normalized spacial score (nSPS) is 10.5. The van der Waals surface area contributed by atoms with Gasteiger partial charge in [0.25, 0.3) is 0 Å². The minimum absolute atomic E-state index is 0.185. The standard InChI is InChI=1S/C15H11BrFN5OS2/c16-9-4-5-12(18-7-9)20-13(23)8-24-15-22-21-14(25-15)19-11-3-1-2-10(17)6-11/h1-7H,8H2,(H,19,21)(H,18,20,23). The third-order valence-electron chi connectivity index (χ3n) is 2.80. The molecule has 2 N–H and O–H groups in total. The first-order valence-corrected chi connectivity index (χ1v) is 9.58. The second-order valence-corrected chi connectivity index (χ2v) is 7.82. The van der Waals surface area contributed by atoms with Gasteiger partial charge in [-0.25, -0.2) is 9.37 Å². The van der Waals surface area contributed by atoms with Gasteiger partial charge in [0, 0.05) is 16.4 Å². The number of aromatic nitrogens is 3. The zero-order valence-electron chi connectivity index (χ0n) is 12.6. The number of nitrogens with one attached hydrogen (secondary N) is 2. The minimum atomic E-state index is -0.331. The summed E-state index contributed by atoms with van der Waals surface area (Å²) in [5.41, 5.74) is 0.590. The number of hydrogen-bond donors (Lipinski definition) is 2. The Morgan fingerprint density at radius 3 is 2.92 bits per heavy atom. The summed E-state index contributed by atoms with van der Waals surface area (Å²) in [6, 6.07) is 9.58. The molecule has 0 bridgehead atoms. The molecule has 2 aromatic heterocycles. The van der Waals surface area contributed by atoms with Gasteiger partial charge in [0.2, 0.25) is 11.0 Å². The number of hydrogen-bond acceptors (Lipinski definition) is 7. The van der Waals surface area contributed by atoms with Crippen LogP contribution in [-0.2, 0) is 4.79 Å². The van der Waals surface area contributed by atoms with E-state index in [1.54, 1.807) is 30.5 Å². The van der Waals surface area contributed by atoms with E-state index in [4.69, 9.17) is 0 Å². The van der Waals surface area contributed by atoms with Crippen LogP contribution in [0.5, 0.6) is 0 Å². The van der Waals surface area contributed by atoms with Crippen molar-refractivity contribution in [3.63, 3.8) is 0 Å². The smallest absolute Gasteiger partial charge is 0.235 e. The number of anilines is 3. The van der Waals surface area contributed by atoms with Crippen molar-refractivity contribution in [2.45, 2.75) is 4.34 Å². The monoisotopic (exact) mass is 439 g/mol. The van der Waals surface area contributed by atoms with E-state index >= 15 is 0 Å². The SMILES string of the molecule is O=C(CSc1nnc(Nc2cccc(F)c2)s1)Nc1ccc(Br)cn1. The lowest BCUT2D eigenvalue weighted by molar-refractivity contribution is -0.113. The molecule has 0 unspecified atom stereocenters. The zero-order chi connectivity index (χ0) is 17.6. The Morgan fingerprint density at radius 1 is 1.28 bits per heavy atom. The van der Waals surface area contributed by atoms with Crippen molar-refractivity contribution < 1.29 is 9.18 Å². The molecular weight excluding hydrogens is 429 g/mol. The molecule has 2 heterocycles. The summed E-state index contributed by atoms with van der Waals surface area (Å²) in [4.78, 5) is 16.0. The molecule has 25 heavy (non-hydrogen) atoms. The van der Waals surface area contributed by atoms with Gasteiger partial charge in [-0.1, -0.05) is 29.2 Å². The Balaban J connectivity index is 1.51. The molecule has 3 rings (SSSR count). The first-order chi connectivity index (χ1) is 12.1. The van der Waals surface area contributed by atoms with Crippen molar-refractivity contribution in [2.75, 3.05) is 16.4 Å². The predicted octanol–water partition coefficient (Wildman–Crippen LogP) is 4.31. The Labute approximate surface area is 159 Å².